The maximum absolute atomic E-state index is 12.2. The summed E-state index contributed by atoms with van der Waals surface area (Å²) in [4.78, 5) is 32.5. The van der Waals surface area contributed by atoms with Crippen LogP contribution in [0.15, 0.2) is 36.7 Å². The van der Waals surface area contributed by atoms with Crippen molar-refractivity contribution in [1.82, 2.24) is 14.9 Å². The molecule has 1 N–H and O–H groups in total. The largest absolute Gasteiger partial charge is 0.348 e. The summed E-state index contributed by atoms with van der Waals surface area (Å²) in [5.74, 6) is 0.0947. The molecule has 0 bridgehead atoms. The number of thiol groups is 1. The summed E-state index contributed by atoms with van der Waals surface area (Å²) in [5.41, 5.74) is 0.903. The fourth-order valence-electron chi connectivity index (χ4n) is 2.12. The molecule has 2 amide bonds. The number of aromatic amines is 1. The Kier molecular flexibility index (Phi) is 2.87. The lowest BCUT2D eigenvalue weighted by molar-refractivity contribution is 0.0654. The molecule has 3 rings (SSSR count). The van der Waals surface area contributed by atoms with Crippen molar-refractivity contribution >= 4 is 24.4 Å². The minimum atomic E-state index is -0.322. The Morgan fingerprint density at radius 1 is 1.21 bits per heavy atom. The van der Waals surface area contributed by atoms with Crippen molar-refractivity contribution in [3.05, 3.63) is 53.6 Å². The molecule has 2 aromatic rings. The van der Waals surface area contributed by atoms with Crippen molar-refractivity contribution in [2.24, 2.45) is 0 Å². The zero-order valence-corrected chi connectivity index (χ0v) is 10.8. The summed E-state index contributed by atoms with van der Waals surface area (Å²) in [5, 5.41) is -0.322. The van der Waals surface area contributed by atoms with Crippen LogP contribution in [-0.2, 0) is 0 Å². The molecule has 1 aliphatic heterocycles. The molecule has 1 aromatic heterocycles. The second kappa shape index (κ2) is 4.55. The molecule has 1 unspecified atom stereocenters. The Bertz CT molecular complexity index is 604. The van der Waals surface area contributed by atoms with Gasteiger partial charge in [-0.05, 0) is 12.1 Å². The highest BCUT2D eigenvalue weighted by Gasteiger charge is 2.36. The van der Waals surface area contributed by atoms with Gasteiger partial charge in [-0.25, -0.2) is 4.98 Å². The predicted molar refractivity (Wildman–Crippen MR) is 72.1 cm³/mol. The zero-order valence-electron chi connectivity index (χ0n) is 9.91. The topological polar surface area (TPSA) is 66.1 Å². The highest BCUT2D eigenvalue weighted by Crippen LogP contribution is 2.26. The highest BCUT2D eigenvalue weighted by molar-refractivity contribution is 7.80. The molecular weight excluding hydrogens is 262 g/mol. The van der Waals surface area contributed by atoms with Crippen molar-refractivity contribution in [1.29, 1.82) is 0 Å². The maximum atomic E-state index is 12.2. The van der Waals surface area contributed by atoms with Gasteiger partial charge in [-0.2, -0.15) is 12.6 Å². The van der Waals surface area contributed by atoms with Crippen molar-refractivity contribution in [3.63, 3.8) is 0 Å². The molecule has 1 aromatic carbocycles. The van der Waals surface area contributed by atoms with Gasteiger partial charge in [-0.3, -0.25) is 14.5 Å². The normalized spacial score (nSPS) is 15.7. The number of rotatable bonds is 3. The first-order valence-corrected chi connectivity index (χ1v) is 6.32. The predicted octanol–water partition coefficient (Wildman–Crippen LogP) is 1.68. The number of imidazole rings is 1. The monoisotopic (exact) mass is 273 g/mol. The fourth-order valence-corrected chi connectivity index (χ4v) is 2.43. The number of benzene rings is 1. The minimum Gasteiger partial charge on any atom is -0.348 e. The average molecular weight is 273 g/mol. The number of nitrogens with zero attached hydrogens (tertiary/aromatic N) is 2. The lowest BCUT2D eigenvalue weighted by Gasteiger charge is -2.17. The molecule has 6 heteroatoms. The van der Waals surface area contributed by atoms with E-state index < -0.39 is 0 Å². The number of aromatic nitrogens is 2. The van der Waals surface area contributed by atoms with Gasteiger partial charge in [0, 0.05) is 18.9 Å². The number of carbonyl (C=O) groups is 2. The summed E-state index contributed by atoms with van der Waals surface area (Å²) >= 11 is 4.38. The van der Waals surface area contributed by atoms with Gasteiger partial charge >= 0.3 is 0 Å². The zero-order chi connectivity index (χ0) is 13.4. The molecule has 2 heterocycles. The fraction of sp³-hybridized carbons (Fsp3) is 0.154. The van der Waals surface area contributed by atoms with Crippen molar-refractivity contribution < 1.29 is 9.59 Å². The first-order valence-electron chi connectivity index (χ1n) is 5.81. The quantitative estimate of drug-likeness (QED) is 0.660. The lowest BCUT2D eigenvalue weighted by atomic mass is 10.1. The van der Waals surface area contributed by atoms with Crippen LogP contribution in [0.4, 0.5) is 0 Å². The third-order valence-corrected chi connectivity index (χ3v) is 3.48. The standard InChI is InChI=1S/C13H11N3O2S/c17-12-8-3-1-2-4-9(8)13(18)16(12)7-10(19)11-14-5-6-15-11/h1-6,10,19H,7H2,(H,14,15). The number of amides is 2. The van der Waals surface area contributed by atoms with Gasteiger partial charge in [0.25, 0.3) is 11.8 Å². The van der Waals surface area contributed by atoms with E-state index in [1.165, 1.54) is 4.90 Å². The Morgan fingerprint density at radius 3 is 2.37 bits per heavy atom. The lowest BCUT2D eigenvalue weighted by Crippen LogP contribution is -2.32. The molecular formula is C13H11N3O2S. The van der Waals surface area contributed by atoms with Crippen molar-refractivity contribution in [2.75, 3.05) is 6.54 Å². The van der Waals surface area contributed by atoms with Crippen LogP contribution in [0.2, 0.25) is 0 Å². The maximum Gasteiger partial charge on any atom is 0.261 e. The molecule has 1 aliphatic rings. The number of H-pyrrole nitrogens is 1. The van der Waals surface area contributed by atoms with E-state index >= 15 is 0 Å². The molecule has 5 nitrogen and oxygen atoms in total. The molecule has 0 spiro atoms. The van der Waals surface area contributed by atoms with Crippen LogP contribution in [0.5, 0.6) is 0 Å². The van der Waals surface area contributed by atoms with Crippen LogP contribution in [0.3, 0.4) is 0 Å². The van der Waals surface area contributed by atoms with Gasteiger partial charge in [0.2, 0.25) is 0 Å². The Morgan fingerprint density at radius 2 is 1.84 bits per heavy atom. The van der Waals surface area contributed by atoms with Crippen LogP contribution < -0.4 is 0 Å². The number of nitrogens with one attached hydrogen (secondary N) is 1. The molecule has 96 valence electrons. The molecule has 0 fully saturated rings. The van der Waals surface area contributed by atoms with E-state index in [1.54, 1.807) is 36.7 Å². The molecule has 0 radical (unpaired) electrons. The minimum absolute atomic E-state index is 0.197. The number of hydrogen-bond acceptors (Lipinski definition) is 4. The van der Waals surface area contributed by atoms with E-state index in [2.05, 4.69) is 22.6 Å². The second-order valence-electron chi connectivity index (χ2n) is 4.26. The average Bonchev–Trinajstić information content (AvgIpc) is 3.03. The number of imide groups is 1. The van der Waals surface area contributed by atoms with Gasteiger partial charge in [0.15, 0.2) is 0 Å². The van der Waals surface area contributed by atoms with Gasteiger partial charge in [-0.15, -0.1) is 0 Å². The number of carbonyl (C=O) groups excluding carboxylic acids is 2. The Labute approximate surface area is 115 Å². The van der Waals surface area contributed by atoms with Gasteiger partial charge in [0.05, 0.1) is 16.4 Å². The second-order valence-corrected chi connectivity index (χ2v) is 4.88. The van der Waals surface area contributed by atoms with Crippen LogP contribution in [0.1, 0.15) is 31.8 Å². The summed E-state index contributed by atoms with van der Waals surface area (Å²) < 4.78 is 0. The Balaban J connectivity index is 1.85. The van der Waals surface area contributed by atoms with Crippen LogP contribution in [-0.4, -0.2) is 33.2 Å². The van der Waals surface area contributed by atoms with Crippen molar-refractivity contribution in [3.8, 4) is 0 Å². The van der Waals surface area contributed by atoms with E-state index in [4.69, 9.17) is 0 Å². The molecule has 1 atom stereocenters. The van der Waals surface area contributed by atoms with E-state index in [-0.39, 0.29) is 23.6 Å². The summed E-state index contributed by atoms with van der Waals surface area (Å²) in [7, 11) is 0. The summed E-state index contributed by atoms with van der Waals surface area (Å²) in [6, 6.07) is 6.82. The van der Waals surface area contributed by atoms with E-state index in [0.717, 1.165) is 0 Å². The van der Waals surface area contributed by atoms with Gasteiger partial charge in [-0.1, -0.05) is 12.1 Å². The van der Waals surface area contributed by atoms with E-state index in [9.17, 15) is 9.59 Å². The SMILES string of the molecule is O=C1c2ccccc2C(=O)N1CC(S)c1ncc[nH]1. The highest BCUT2D eigenvalue weighted by atomic mass is 32.1. The first-order chi connectivity index (χ1) is 9.18. The van der Waals surface area contributed by atoms with Gasteiger partial charge < -0.3 is 4.98 Å². The third kappa shape index (κ3) is 1.94. The van der Waals surface area contributed by atoms with E-state index in [1.807, 2.05) is 0 Å². The van der Waals surface area contributed by atoms with Crippen LogP contribution in [0, 0.1) is 0 Å². The van der Waals surface area contributed by atoms with E-state index in [0.29, 0.717) is 17.0 Å². The number of fused-ring (bicyclic) bond motifs is 1. The molecule has 0 aliphatic carbocycles. The summed E-state index contributed by atoms with van der Waals surface area (Å²) in [6.07, 6.45) is 3.29. The summed E-state index contributed by atoms with van der Waals surface area (Å²) in [6.45, 7) is 0.197. The molecule has 19 heavy (non-hydrogen) atoms. The first kappa shape index (κ1) is 12.0. The van der Waals surface area contributed by atoms with Crippen LogP contribution in [0.25, 0.3) is 0 Å². The third-order valence-electron chi connectivity index (χ3n) is 3.07. The van der Waals surface area contributed by atoms with Gasteiger partial charge in [0.1, 0.15) is 5.82 Å². The smallest absolute Gasteiger partial charge is 0.261 e. The molecule has 0 saturated carbocycles. The Hall–Kier alpha value is -2.08. The van der Waals surface area contributed by atoms with Crippen molar-refractivity contribution in [2.45, 2.75) is 5.25 Å². The van der Waals surface area contributed by atoms with Crippen LogP contribution >= 0.6 is 12.6 Å². The molecule has 0 saturated heterocycles. The number of hydrogen-bond donors (Lipinski definition) is 2.